The van der Waals surface area contributed by atoms with Crippen molar-refractivity contribution in [1.29, 1.82) is 0 Å². The van der Waals surface area contributed by atoms with Gasteiger partial charge in [0.05, 0.1) is 11.3 Å². The van der Waals surface area contributed by atoms with Crippen molar-refractivity contribution < 1.29 is 4.79 Å². The molecule has 4 rings (SSSR count). The van der Waals surface area contributed by atoms with Crippen molar-refractivity contribution in [3.05, 3.63) is 58.3 Å². The highest BCUT2D eigenvalue weighted by Gasteiger charge is 2.33. The number of carbonyl (C=O) groups is 1. The molecule has 0 saturated carbocycles. The van der Waals surface area contributed by atoms with Gasteiger partial charge < -0.3 is 4.90 Å². The Morgan fingerprint density at radius 1 is 1.16 bits per heavy atom. The van der Waals surface area contributed by atoms with Crippen molar-refractivity contribution in [2.45, 2.75) is 0 Å². The number of nitrogens with zero attached hydrogens (tertiary/aromatic N) is 2. The number of thiophene rings is 1. The molecule has 1 aromatic heterocycles. The summed E-state index contributed by atoms with van der Waals surface area (Å²) in [6, 6.07) is 11.9. The Balaban J connectivity index is 1.84. The third-order valence-corrected chi connectivity index (χ3v) is 4.27. The van der Waals surface area contributed by atoms with Gasteiger partial charge in [-0.1, -0.05) is 18.2 Å². The van der Waals surface area contributed by atoms with E-state index in [1.54, 1.807) is 0 Å². The van der Waals surface area contributed by atoms with Crippen LogP contribution in [0.15, 0.2) is 58.4 Å². The zero-order valence-electron chi connectivity index (χ0n) is 10.0. The molecule has 0 N–H and O–H groups in total. The minimum Gasteiger partial charge on any atom is -0.322 e. The largest absolute Gasteiger partial charge is 0.322 e. The van der Waals surface area contributed by atoms with E-state index in [1.807, 2.05) is 47.9 Å². The van der Waals surface area contributed by atoms with Crippen LogP contribution in [0.5, 0.6) is 0 Å². The van der Waals surface area contributed by atoms with Crippen LogP contribution in [0.1, 0.15) is 9.67 Å². The number of para-hydroxylation sites is 1. The van der Waals surface area contributed by atoms with Crippen molar-refractivity contribution in [1.82, 2.24) is 0 Å². The fourth-order valence-electron chi connectivity index (χ4n) is 2.45. The van der Waals surface area contributed by atoms with Gasteiger partial charge in [-0.15, -0.1) is 11.3 Å². The minimum atomic E-state index is 0.105. The maximum atomic E-state index is 12.4. The van der Waals surface area contributed by atoms with E-state index >= 15 is 0 Å². The molecule has 4 heteroatoms. The van der Waals surface area contributed by atoms with Gasteiger partial charge in [-0.05, 0) is 29.7 Å². The molecule has 3 nitrogen and oxygen atoms in total. The Labute approximate surface area is 114 Å². The lowest BCUT2D eigenvalue weighted by Gasteiger charge is -2.22. The first-order valence-corrected chi connectivity index (χ1v) is 6.96. The molecule has 0 unspecified atom stereocenters. The molecular weight excluding hydrogens is 256 g/mol. The van der Waals surface area contributed by atoms with Crippen LogP contribution in [0.25, 0.3) is 0 Å². The molecule has 0 bridgehead atoms. The molecule has 0 fully saturated rings. The van der Waals surface area contributed by atoms with Crippen molar-refractivity contribution in [2.24, 2.45) is 4.99 Å². The number of aliphatic imine (C=N–C) groups is 1. The Kier molecular flexibility index (Phi) is 2.19. The maximum absolute atomic E-state index is 12.4. The molecule has 0 radical (unpaired) electrons. The lowest BCUT2D eigenvalue weighted by molar-refractivity contribution is 0.104. The molecule has 0 saturated heterocycles. The molecule has 2 aliphatic heterocycles. The number of anilines is 1. The molecule has 2 aliphatic rings. The first-order valence-electron chi connectivity index (χ1n) is 6.08. The Bertz CT molecular complexity index is 728. The summed E-state index contributed by atoms with van der Waals surface area (Å²) in [6.07, 6.45) is 1.97. The van der Waals surface area contributed by atoms with Gasteiger partial charge in [0, 0.05) is 12.2 Å². The number of hydrogen-bond acceptors (Lipinski definition) is 4. The molecule has 1 aromatic carbocycles. The van der Waals surface area contributed by atoms with Gasteiger partial charge in [0.1, 0.15) is 10.7 Å². The molecular formula is C15H10N2OS. The minimum absolute atomic E-state index is 0.105. The van der Waals surface area contributed by atoms with Gasteiger partial charge in [-0.3, -0.25) is 4.79 Å². The highest BCUT2D eigenvalue weighted by Crippen LogP contribution is 2.36. The highest BCUT2D eigenvalue weighted by atomic mass is 32.1. The second-order valence-corrected chi connectivity index (χ2v) is 5.38. The van der Waals surface area contributed by atoms with Crippen LogP contribution in [0.4, 0.5) is 11.4 Å². The Morgan fingerprint density at radius 2 is 2.00 bits per heavy atom. The maximum Gasteiger partial charge on any atom is 0.208 e. The predicted molar refractivity (Wildman–Crippen MR) is 77.6 cm³/mol. The number of benzene rings is 1. The van der Waals surface area contributed by atoms with E-state index in [4.69, 9.17) is 0 Å². The summed E-state index contributed by atoms with van der Waals surface area (Å²) < 4.78 is 0. The average Bonchev–Trinajstić information content (AvgIpc) is 3.07. The van der Waals surface area contributed by atoms with Gasteiger partial charge in [0.2, 0.25) is 5.78 Å². The first-order chi connectivity index (χ1) is 9.34. The fourth-order valence-corrected chi connectivity index (χ4v) is 3.24. The highest BCUT2D eigenvalue weighted by molar-refractivity contribution is 7.13. The molecule has 0 aliphatic carbocycles. The van der Waals surface area contributed by atoms with Crippen LogP contribution < -0.4 is 4.90 Å². The molecule has 19 heavy (non-hydrogen) atoms. The number of Topliss-reactive ketones (excluding diaryl/α,β-unsaturated/α-hetero) is 1. The van der Waals surface area contributed by atoms with Crippen LogP contribution >= 0.6 is 11.3 Å². The van der Waals surface area contributed by atoms with Gasteiger partial charge in [0.25, 0.3) is 0 Å². The van der Waals surface area contributed by atoms with E-state index in [2.05, 4.69) is 9.89 Å². The third-order valence-electron chi connectivity index (χ3n) is 3.36. The quantitative estimate of drug-likeness (QED) is 0.792. The molecule has 3 heterocycles. The third kappa shape index (κ3) is 1.50. The van der Waals surface area contributed by atoms with E-state index in [9.17, 15) is 4.79 Å². The summed E-state index contributed by atoms with van der Waals surface area (Å²) in [7, 11) is 0. The average molecular weight is 266 g/mol. The van der Waals surface area contributed by atoms with Crippen molar-refractivity contribution in [2.75, 3.05) is 11.4 Å². The first kappa shape index (κ1) is 10.7. The second-order valence-electron chi connectivity index (χ2n) is 4.46. The molecule has 92 valence electrons. The summed E-state index contributed by atoms with van der Waals surface area (Å²) in [5.74, 6) is 0.885. The van der Waals surface area contributed by atoms with Gasteiger partial charge in [-0.25, -0.2) is 4.99 Å². The Hall–Kier alpha value is -2.20. The predicted octanol–water partition coefficient (Wildman–Crippen LogP) is 3.42. The zero-order chi connectivity index (χ0) is 12.8. The topological polar surface area (TPSA) is 32.7 Å². The summed E-state index contributed by atoms with van der Waals surface area (Å²) in [5, 5.41) is 1.92. The number of ketones is 1. The van der Waals surface area contributed by atoms with Gasteiger partial charge in [0.15, 0.2) is 0 Å². The smallest absolute Gasteiger partial charge is 0.208 e. The zero-order valence-corrected chi connectivity index (χ0v) is 10.9. The number of rotatable bonds is 1. The second kappa shape index (κ2) is 3.90. The monoisotopic (exact) mass is 266 g/mol. The van der Waals surface area contributed by atoms with E-state index in [1.165, 1.54) is 11.3 Å². The van der Waals surface area contributed by atoms with E-state index < -0.39 is 0 Å². The Morgan fingerprint density at radius 3 is 2.84 bits per heavy atom. The number of hydrogen-bond donors (Lipinski definition) is 0. The lowest BCUT2D eigenvalue weighted by atomic mass is 10.1. The standard InChI is InChI=1S/C15H10N2OS/c18-13-11-6-8-17(10-4-2-1-3-5-10)15(11)16-12-7-9-19-14(12)13/h1-7,9H,8H2. The van der Waals surface area contributed by atoms with Crippen LogP contribution in [-0.4, -0.2) is 18.2 Å². The van der Waals surface area contributed by atoms with Crippen LogP contribution in [-0.2, 0) is 0 Å². The van der Waals surface area contributed by atoms with E-state index in [0.717, 1.165) is 27.7 Å². The van der Waals surface area contributed by atoms with Gasteiger partial charge >= 0.3 is 0 Å². The normalized spacial score (nSPS) is 16.8. The lowest BCUT2D eigenvalue weighted by Crippen LogP contribution is -2.30. The summed E-state index contributed by atoms with van der Waals surface area (Å²) in [5.41, 5.74) is 2.60. The van der Waals surface area contributed by atoms with Crippen molar-refractivity contribution >= 4 is 34.3 Å². The summed E-state index contributed by atoms with van der Waals surface area (Å²) >= 11 is 1.46. The van der Waals surface area contributed by atoms with Crippen LogP contribution in [0.3, 0.4) is 0 Å². The van der Waals surface area contributed by atoms with Gasteiger partial charge in [-0.2, -0.15) is 0 Å². The molecule has 0 atom stereocenters. The van der Waals surface area contributed by atoms with Crippen molar-refractivity contribution in [3.8, 4) is 0 Å². The number of fused-ring (bicyclic) bond motifs is 2. The SMILES string of the molecule is O=C1C2=CCN(c3ccccc3)C2=Nc2ccsc21. The summed E-state index contributed by atoms with van der Waals surface area (Å²) in [4.78, 5) is 19.8. The fraction of sp³-hybridized carbons (Fsp3) is 0.0667. The van der Waals surface area contributed by atoms with E-state index in [0.29, 0.717) is 6.54 Å². The van der Waals surface area contributed by atoms with Crippen molar-refractivity contribution in [3.63, 3.8) is 0 Å². The number of amidine groups is 1. The number of carbonyl (C=O) groups excluding carboxylic acids is 1. The molecule has 2 aromatic rings. The molecule has 0 amide bonds. The van der Waals surface area contributed by atoms with Crippen LogP contribution in [0, 0.1) is 0 Å². The summed E-state index contributed by atoms with van der Waals surface area (Å²) in [6.45, 7) is 0.707. The molecule has 0 spiro atoms. The van der Waals surface area contributed by atoms with Crippen LogP contribution in [0.2, 0.25) is 0 Å². The van der Waals surface area contributed by atoms with E-state index in [-0.39, 0.29) is 5.78 Å².